The van der Waals surface area contributed by atoms with Gasteiger partial charge in [0.25, 0.3) is 0 Å². The van der Waals surface area contributed by atoms with Crippen LogP contribution in [0, 0.1) is 17.2 Å². The van der Waals surface area contributed by atoms with Gasteiger partial charge in [0, 0.05) is 12.7 Å². The second-order valence-electron chi connectivity index (χ2n) is 9.06. The molecule has 1 aromatic heterocycles. The van der Waals surface area contributed by atoms with Gasteiger partial charge in [0.15, 0.2) is 5.82 Å². The van der Waals surface area contributed by atoms with Crippen LogP contribution in [0.2, 0.25) is 0 Å². The lowest BCUT2D eigenvalue weighted by Crippen LogP contribution is -2.36. The molecule has 2 aromatic rings. The minimum absolute atomic E-state index is 0.0472. The van der Waals surface area contributed by atoms with Crippen molar-refractivity contribution in [3.05, 3.63) is 47.9 Å². The van der Waals surface area contributed by atoms with Gasteiger partial charge >= 0.3 is 5.97 Å². The van der Waals surface area contributed by atoms with Gasteiger partial charge in [-0.2, -0.15) is 4.98 Å². The van der Waals surface area contributed by atoms with Crippen molar-refractivity contribution in [1.82, 2.24) is 15.3 Å². The van der Waals surface area contributed by atoms with Crippen LogP contribution in [0.4, 0.5) is 11.5 Å². The fourth-order valence-electron chi connectivity index (χ4n) is 4.29. The second-order valence-corrected chi connectivity index (χ2v) is 9.06. The van der Waals surface area contributed by atoms with Crippen LogP contribution in [-0.2, 0) is 9.59 Å². The number of nitrogens with zero attached hydrogens (tertiary/aromatic N) is 2. The van der Waals surface area contributed by atoms with E-state index in [9.17, 15) is 14.7 Å². The molecule has 2 unspecified atom stereocenters. The Kier molecular flexibility index (Phi) is 8.99. The van der Waals surface area contributed by atoms with E-state index in [1.54, 1.807) is 32.3 Å². The smallest absolute Gasteiger partial charge is 0.307 e. The van der Waals surface area contributed by atoms with E-state index in [-0.39, 0.29) is 17.7 Å². The number of allylic oxidation sites excluding steroid dienone is 1. The third kappa shape index (κ3) is 6.80. The third-order valence-corrected chi connectivity index (χ3v) is 5.96. The van der Waals surface area contributed by atoms with Crippen LogP contribution in [0.1, 0.15) is 52.0 Å². The molecule has 1 amide bonds. The Morgan fingerprint density at radius 1 is 1.08 bits per heavy atom. The molecule has 10 heteroatoms. The molecule has 1 saturated carbocycles. The molecule has 3 rings (SSSR count). The standard InChI is InChI=1S/C26H34N6O4/c1-15(2)36-22-14-29-13-21(31-22)32-23(16(3)27)24(28-4)17-9-11-18(12-10-17)30-25(33)19-7-5-6-8-20(19)26(34)35/h9-15,19-20,27-28H,5-8H2,1-4H3,(H,30,33)(H,31,32)(H,34,35)/b24-23+,27-16?. The highest BCUT2D eigenvalue weighted by Crippen LogP contribution is 2.31. The summed E-state index contributed by atoms with van der Waals surface area (Å²) in [5.41, 5.74) is 2.82. The minimum Gasteiger partial charge on any atom is -0.481 e. The highest BCUT2D eigenvalue weighted by atomic mass is 16.5. The van der Waals surface area contributed by atoms with Crippen LogP contribution in [0.3, 0.4) is 0 Å². The zero-order valence-electron chi connectivity index (χ0n) is 21.1. The average Bonchev–Trinajstić information content (AvgIpc) is 2.84. The number of aliphatic carboxylic acids is 1. The van der Waals surface area contributed by atoms with Gasteiger partial charge in [-0.1, -0.05) is 25.0 Å². The third-order valence-electron chi connectivity index (χ3n) is 5.96. The van der Waals surface area contributed by atoms with Crippen molar-refractivity contribution in [2.24, 2.45) is 11.8 Å². The van der Waals surface area contributed by atoms with Crippen molar-refractivity contribution in [2.45, 2.75) is 52.6 Å². The van der Waals surface area contributed by atoms with E-state index >= 15 is 0 Å². The topological polar surface area (TPSA) is 149 Å². The van der Waals surface area contributed by atoms with Crippen molar-refractivity contribution in [3.63, 3.8) is 0 Å². The number of anilines is 2. The normalized spacial score (nSPS) is 18.1. The molecule has 1 fully saturated rings. The Hall–Kier alpha value is -3.95. The summed E-state index contributed by atoms with van der Waals surface area (Å²) in [7, 11) is 1.76. The van der Waals surface area contributed by atoms with E-state index in [1.165, 1.54) is 6.20 Å². The number of rotatable bonds is 10. The number of benzene rings is 1. The number of amides is 1. The summed E-state index contributed by atoms with van der Waals surface area (Å²) in [5.74, 6) is -1.54. The van der Waals surface area contributed by atoms with E-state index in [0.717, 1.165) is 18.4 Å². The zero-order chi connectivity index (χ0) is 26.2. The van der Waals surface area contributed by atoms with Gasteiger partial charge in [-0.25, -0.2) is 0 Å². The van der Waals surface area contributed by atoms with Gasteiger partial charge in [0.2, 0.25) is 11.8 Å². The monoisotopic (exact) mass is 494 g/mol. The molecule has 5 N–H and O–H groups in total. The Labute approximate surface area is 211 Å². The van der Waals surface area contributed by atoms with Crippen molar-refractivity contribution in [1.29, 1.82) is 5.41 Å². The highest BCUT2D eigenvalue weighted by Gasteiger charge is 2.35. The lowest BCUT2D eigenvalue weighted by molar-refractivity contribution is -0.147. The Balaban J connectivity index is 1.80. The van der Waals surface area contributed by atoms with Crippen LogP contribution in [0.15, 0.2) is 42.4 Å². The summed E-state index contributed by atoms with van der Waals surface area (Å²) in [6.45, 7) is 5.47. The molecule has 0 bridgehead atoms. The molecule has 1 aromatic carbocycles. The molecule has 0 spiro atoms. The van der Waals surface area contributed by atoms with E-state index in [4.69, 9.17) is 10.1 Å². The Morgan fingerprint density at radius 2 is 1.75 bits per heavy atom. The average molecular weight is 495 g/mol. The number of carboxylic acids is 1. The van der Waals surface area contributed by atoms with Gasteiger partial charge < -0.3 is 31.2 Å². The van der Waals surface area contributed by atoms with Crippen LogP contribution in [0.5, 0.6) is 5.88 Å². The molecule has 0 aliphatic heterocycles. The first-order valence-corrected chi connectivity index (χ1v) is 12.1. The van der Waals surface area contributed by atoms with Crippen molar-refractivity contribution in [3.8, 4) is 5.88 Å². The van der Waals surface area contributed by atoms with Crippen LogP contribution in [0.25, 0.3) is 5.70 Å². The van der Waals surface area contributed by atoms with Crippen LogP contribution >= 0.6 is 0 Å². The van der Waals surface area contributed by atoms with Crippen LogP contribution < -0.4 is 20.7 Å². The highest BCUT2D eigenvalue weighted by molar-refractivity contribution is 6.05. The molecule has 1 heterocycles. The molecule has 0 radical (unpaired) electrons. The zero-order valence-corrected chi connectivity index (χ0v) is 21.1. The lowest BCUT2D eigenvalue weighted by Gasteiger charge is -2.27. The summed E-state index contributed by atoms with van der Waals surface area (Å²) in [4.78, 5) is 32.9. The summed E-state index contributed by atoms with van der Waals surface area (Å²) in [6.07, 6.45) is 5.83. The first-order chi connectivity index (χ1) is 17.2. The van der Waals surface area contributed by atoms with E-state index in [0.29, 0.717) is 41.6 Å². The molecule has 192 valence electrons. The summed E-state index contributed by atoms with van der Waals surface area (Å²) >= 11 is 0. The predicted molar refractivity (Wildman–Crippen MR) is 139 cm³/mol. The lowest BCUT2D eigenvalue weighted by atomic mass is 9.78. The maximum Gasteiger partial charge on any atom is 0.307 e. The number of hydrogen-bond donors (Lipinski definition) is 5. The minimum atomic E-state index is -0.915. The number of hydrogen-bond acceptors (Lipinski definition) is 8. The maximum atomic E-state index is 12.8. The van der Waals surface area contributed by atoms with Gasteiger partial charge in [-0.3, -0.25) is 14.6 Å². The fourth-order valence-corrected chi connectivity index (χ4v) is 4.29. The summed E-state index contributed by atoms with van der Waals surface area (Å²) in [5, 5.41) is 26.9. The SMILES string of the molecule is CN/C(=C(/Nc1cncc(OC(C)C)n1)C(C)=N)c1ccc(NC(=O)C2CCCCC2C(=O)O)cc1. The molecule has 36 heavy (non-hydrogen) atoms. The Morgan fingerprint density at radius 3 is 2.33 bits per heavy atom. The largest absolute Gasteiger partial charge is 0.481 e. The molecule has 2 atom stereocenters. The van der Waals surface area contributed by atoms with Gasteiger partial charge in [-0.05, 0) is 51.3 Å². The molecule has 1 aliphatic carbocycles. The number of carbonyl (C=O) groups is 2. The summed E-state index contributed by atoms with van der Waals surface area (Å²) in [6, 6.07) is 7.17. The van der Waals surface area contributed by atoms with Gasteiger partial charge in [-0.15, -0.1) is 0 Å². The van der Waals surface area contributed by atoms with Crippen molar-refractivity contribution < 1.29 is 19.4 Å². The first kappa shape index (κ1) is 26.7. The second kappa shape index (κ2) is 12.1. The molecule has 0 saturated heterocycles. The number of aromatic nitrogens is 2. The van der Waals surface area contributed by atoms with Crippen LogP contribution in [-0.4, -0.2) is 45.8 Å². The number of carboxylic acid groups (broad SMARTS) is 1. The number of ether oxygens (including phenoxy) is 1. The van der Waals surface area contributed by atoms with E-state index in [1.807, 2.05) is 26.0 Å². The van der Waals surface area contributed by atoms with Crippen molar-refractivity contribution >= 4 is 34.8 Å². The van der Waals surface area contributed by atoms with Gasteiger partial charge in [0.05, 0.1) is 47.4 Å². The molecular formula is C26H34N6O4. The quantitative estimate of drug-likeness (QED) is 0.310. The number of nitrogens with one attached hydrogen (secondary N) is 4. The predicted octanol–water partition coefficient (Wildman–Crippen LogP) is 4.13. The number of carbonyl (C=O) groups excluding carboxylic acids is 1. The summed E-state index contributed by atoms with van der Waals surface area (Å²) < 4.78 is 5.61. The molecule has 10 nitrogen and oxygen atoms in total. The van der Waals surface area contributed by atoms with E-state index < -0.39 is 17.8 Å². The first-order valence-electron chi connectivity index (χ1n) is 12.1. The maximum absolute atomic E-state index is 12.8. The molecule has 1 aliphatic rings. The Bertz CT molecular complexity index is 1130. The van der Waals surface area contributed by atoms with E-state index in [2.05, 4.69) is 25.9 Å². The van der Waals surface area contributed by atoms with Crippen molar-refractivity contribution in [2.75, 3.05) is 17.7 Å². The fraction of sp³-hybridized carbons (Fsp3) is 0.423. The van der Waals surface area contributed by atoms with Gasteiger partial charge in [0.1, 0.15) is 0 Å². The molecular weight excluding hydrogens is 460 g/mol.